The molecule has 0 aliphatic carbocycles. The number of hydrogen-bond acceptors (Lipinski definition) is 7. The van der Waals surface area contributed by atoms with Crippen LogP contribution in [0.25, 0.3) is 10.7 Å². The van der Waals surface area contributed by atoms with Crippen molar-refractivity contribution in [2.24, 2.45) is 0 Å². The summed E-state index contributed by atoms with van der Waals surface area (Å²) in [5, 5.41) is 0.820. The van der Waals surface area contributed by atoms with Gasteiger partial charge < -0.3 is 14.4 Å². The molecule has 4 aromatic rings. The van der Waals surface area contributed by atoms with Crippen LogP contribution in [0.2, 0.25) is 0 Å². The molecule has 10 heteroatoms. The van der Waals surface area contributed by atoms with Crippen molar-refractivity contribution in [1.29, 1.82) is 0 Å². The lowest BCUT2D eigenvalue weighted by Crippen LogP contribution is -2.41. The van der Waals surface area contributed by atoms with Gasteiger partial charge in [-0.1, -0.05) is 6.07 Å². The number of nitrogens with zero attached hydrogens (tertiary/aromatic N) is 7. The summed E-state index contributed by atoms with van der Waals surface area (Å²) in [7, 11) is 0. The number of fused-ring (bicyclic) bond motifs is 2. The van der Waals surface area contributed by atoms with Gasteiger partial charge in [0, 0.05) is 31.4 Å². The third kappa shape index (κ3) is 3.37. The Morgan fingerprint density at radius 3 is 2.68 bits per heavy atom. The van der Waals surface area contributed by atoms with Crippen LogP contribution in [0.15, 0.2) is 42.6 Å². The van der Waals surface area contributed by atoms with Gasteiger partial charge in [-0.25, -0.2) is 14.4 Å². The van der Waals surface area contributed by atoms with Crippen LogP contribution in [-0.4, -0.2) is 41.2 Å². The second-order valence-corrected chi connectivity index (χ2v) is 9.34. The largest absolute Gasteiger partial charge is 0.344 e. The summed E-state index contributed by atoms with van der Waals surface area (Å²) in [5.41, 5.74) is 3.65. The molecule has 3 aromatic heterocycles. The topological polar surface area (TPSA) is 80.0 Å². The van der Waals surface area contributed by atoms with Gasteiger partial charge in [0.1, 0.15) is 23.2 Å². The standard InChI is InChI=1S/C24H22FN7OS/c1-14-21-28-22(30-12-17-4-3-9-26-19(17)13-30)20(23-27-15(2)29-34-23)32(21)11-10-31(14)24(33)16-5-7-18(25)8-6-16/h3-9,14H,10-13H2,1-2H3/t14-/m0/s1. The van der Waals surface area contributed by atoms with Gasteiger partial charge in [-0.15, -0.1) is 0 Å². The summed E-state index contributed by atoms with van der Waals surface area (Å²) in [5.74, 6) is 1.89. The van der Waals surface area contributed by atoms with Crippen LogP contribution in [0.3, 0.4) is 0 Å². The Balaban J connectivity index is 1.40. The number of benzene rings is 1. The lowest BCUT2D eigenvalue weighted by Gasteiger charge is -2.34. The fourth-order valence-corrected chi connectivity index (χ4v) is 5.47. The zero-order valence-electron chi connectivity index (χ0n) is 18.8. The zero-order chi connectivity index (χ0) is 23.4. The van der Waals surface area contributed by atoms with Gasteiger partial charge in [-0.2, -0.15) is 4.37 Å². The summed E-state index contributed by atoms with van der Waals surface area (Å²) in [6.45, 7) is 6.37. The minimum atomic E-state index is -0.360. The molecule has 2 aliphatic rings. The fraction of sp³-hybridized carbons (Fsp3) is 0.292. The average molecular weight is 476 g/mol. The van der Waals surface area contributed by atoms with Crippen molar-refractivity contribution in [2.75, 3.05) is 11.4 Å². The summed E-state index contributed by atoms with van der Waals surface area (Å²) < 4.78 is 19.9. The highest BCUT2D eigenvalue weighted by Gasteiger charge is 2.36. The number of rotatable bonds is 3. The maximum absolute atomic E-state index is 13.4. The molecular formula is C24H22FN7OS. The van der Waals surface area contributed by atoms with E-state index in [1.165, 1.54) is 41.4 Å². The van der Waals surface area contributed by atoms with Crippen molar-refractivity contribution in [1.82, 2.24) is 28.8 Å². The Morgan fingerprint density at radius 1 is 1.12 bits per heavy atom. The van der Waals surface area contributed by atoms with Crippen molar-refractivity contribution in [3.8, 4) is 10.7 Å². The highest BCUT2D eigenvalue weighted by Crippen LogP contribution is 2.40. The average Bonchev–Trinajstić information content (AvgIpc) is 3.55. The number of aromatic nitrogens is 5. The van der Waals surface area contributed by atoms with E-state index in [1.54, 1.807) is 4.90 Å². The molecule has 1 amide bonds. The molecule has 0 radical (unpaired) electrons. The van der Waals surface area contributed by atoms with Crippen LogP contribution in [0.5, 0.6) is 0 Å². The molecule has 0 unspecified atom stereocenters. The lowest BCUT2D eigenvalue weighted by molar-refractivity contribution is 0.0638. The molecule has 1 atom stereocenters. The molecular weight excluding hydrogens is 453 g/mol. The van der Waals surface area contributed by atoms with Gasteiger partial charge in [-0.05, 0) is 61.3 Å². The molecule has 6 rings (SSSR count). The highest BCUT2D eigenvalue weighted by atomic mass is 32.1. The monoisotopic (exact) mass is 475 g/mol. The molecule has 34 heavy (non-hydrogen) atoms. The maximum atomic E-state index is 13.4. The van der Waals surface area contributed by atoms with Gasteiger partial charge in [0.2, 0.25) is 0 Å². The van der Waals surface area contributed by atoms with Crippen molar-refractivity contribution in [3.63, 3.8) is 0 Å². The molecule has 0 spiro atoms. The fourth-order valence-electron chi connectivity index (χ4n) is 4.75. The van der Waals surface area contributed by atoms with Gasteiger partial charge in [0.15, 0.2) is 10.8 Å². The molecule has 8 nitrogen and oxygen atoms in total. The summed E-state index contributed by atoms with van der Waals surface area (Å²) in [6.07, 6.45) is 1.82. The molecule has 1 aromatic carbocycles. The molecule has 0 fully saturated rings. The number of aryl methyl sites for hydroxylation is 1. The molecule has 0 saturated carbocycles. The van der Waals surface area contributed by atoms with Crippen LogP contribution in [0.1, 0.15) is 46.2 Å². The van der Waals surface area contributed by atoms with E-state index in [4.69, 9.17) is 4.98 Å². The smallest absolute Gasteiger partial charge is 0.254 e. The predicted octanol–water partition coefficient (Wildman–Crippen LogP) is 3.98. The minimum Gasteiger partial charge on any atom is -0.344 e. The Kier molecular flexibility index (Phi) is 4.91. The first-order valence-corrected chi connectivity index (χ1v) is 11.9. The maximum Gasteiger partial charge on any atom is 0.254 e. The minimum absolute atomic E-state index is 0.130. The van der Waals surface area contributed by atoms with Crippen LogP contribution < -0.4 is 4.90 Å². The van der Waals surface area contributed by atoms with E-state index >= 15 is 0 Å². The lowest BCUT2D eigenvalue weighted by atomic mass is 10.1. The van der Waals surface area contributed by atoms with E-state index in [-0.39, 0.29) is 17.8 Å². The summed E-state index contributed by atoms with van der Waals surface area (Å²) in [6, 6.07) is 9.49. The van der Waals surface area contributed by atoms with Crippen molar-refractivity contribution in [2.45, 2.75) is 39.5 Å². The highest BCUT2D eigenvalue weighted by molar-refractivity contribution is 7.09. The normalized spacial score (nSPS) is 17.1. The van der Waals surface area contributed by atoms with E-state index in [9.17, 15) is 9.18 Å². The SMILES string of the molecule is Cc1nsc(-c2c(N3Cc4cccnc4C3)nc3n2CCN(C(=O)c2ccc(F)cc2)[C@H]3C)n1. The first-order chi connectivity index (χ1) is 16.5. The van der Waals surface area contributed by atoms with Gasteiger partial charge >= 0.3 is 0 Å². The predicted molar refractivity (Wildman–Crippen MR) is 126 cm³/mol. The Hall–Kier alpha value is -3.66. The molecule has 0 N–H and O–H groups in total. The second-order valence-electron chi connectivity index (χ2n) is 8.59. The Morgan fingerprint density at radius 2 is 1.94 bits per heavy atom. The summed E-state index contributed by atoms with van der Waals surface area (Å²) in [4.78, 5) is 31.5. The number of hydrogen-bond donors (Lipinski definition) is 0. The number of carbonyl (C=O) groups is 1. The molecule has 172 valence electrons. The molecule has 0 bridgehead atoms. The van der Waals surface area contributed by atoms with Gasteiger partial charge in [0.25, 0.3) is 5.91 Å². The van der Waals surface area contributed by atoms with E-state index in [0.29, 0.717) is 25.2 Å². The van der Waals surface area contributed by atoms with E-state index < -0.39 is 0 Å². The Bertz CT molecular complexity index is 1370. The first kappa shape index (κ1) is 20.9. The van der Waals surface area contributed by atoms with Crippen LogP contribution in [0.4, 0.5) is 10.2 Å². The Labute approximate surface area is 199 Å². The van der Waals surface area contributed by atoms with Gasteiger partial charge in [-0.3, -0.25) is 9.78 Å². The number of amides is 1. The first-order valence-electron chi connectivity index (χ1n) is 11.1. The van der Waals surface area contributed by atoms with Crippen LogP contribution >= 0.6 is 11.5 Å². The van der Waals surface area contributed by atoms with Crippen molar-refractivity contribution in [3.05, 3.63) is 76.9 Å². The van der Waals surface area contributed by atoms with Crippen LogP contribution in [0, 0.1) is 12.7 Å². The third-order valence-electron chi connectivity index (χ3n) is 6.45. The number of halogens is 1. The van der Waals surface area contributed by atoms with E-state index in [2.05, 4.69) is 29.9 Å². The second kappa shape index (κ2) is 7.98. The van der Waals surface area contributed by atoms with Crippen molar-refractivity contribution >= 4 is 23.3 Å². The summed E-state index contributed by atoms with van der Waals surface area (Å²) >= 11 is 1.36. The molecule has 5 heterocycles. The van der Waals surface area contributed by atoms with Crippen LogP contribution in [-0.2, 0) is 19.6 Å². The number of carbonyl (C=O) groups excluding carboxylic acids is 1. The molecule has 2 aliphatic heterocycles. The number of imidazole rings is 1. The number of pyridine rings is 1. The number of anilines is 1. The molecule has 0 saturated heterocycles. The quantitative estimate of drug-likeness (QED) is 0.446. The third-order valence-corrected chi connectivity index (χ3v) is 7.27. The van der Waals surface area contributed by atoms with E-state index in [1.807, 2.05) is 26.1 Å². The van der Waals surface area contributed by atoms with Crippen molar-refractivity contribution < 1.29 is 9.18 Å². The van der Waals surface area contributed by atoms with Gasteiger partial charge in [0.05, 0.1) is 18.3 Å². The zero-order valence-corrected chi connectivity index (χ0v) is 19.6. The van der Waals surface area contributed by atoms with E-state index in [0.717, 1.165) is 40.4 Å².